The summed E-state index contributed by atoms with van der Waals surface area (Å²) < 4.78 is 11.9. The Kier molecular flexibility index (Phi) is 14.1. The SMILES string of the molecule is CCNC(=NCCCSc1nccs1)Nc1cccc(OCCCOC)c1.I. The minimum atomic E-state index is 0. The molecule has 156 valence electrons. The van der Waals surface area contributed by atoms with Crippen molar-refractivity contribution in [2.24, 2.45) is 4.99 Å². The van der Waals surface area contributed by atoms with Gasteiger partial charge in [0.2, 0.25) is 0 Å². The maximum atomic E-state index is 5.75. The van der Waals surface area contributed by atoms with E-state index < -0.39 is 0 Å². The van der Waals surface area contributed by atoms with Gasteiger partial charge in [0.05, 0.1) is 6.61 Å². The molecule has 0 atom stereocenters. The first-order valence-corrected chi connectivity index (χ1v) is 11.0. The van der Waals surface area contributed by atoms with Crippen LogP contribution in [0.25, 0.3) is 0 Å². The van der Waals surface area contributed by atoms with Crippen LogP contribution in [0.2, 0.25) is 0 Å². The summed E-state index contributed by atoms with van der Waals surface area (Å²) in [5.74, 6) is 2.64. The van der Waals surface area contributed by atoms with Crippen LogP contribution in [-0.4, -0.2) is 50.1 Å². The van der Waals surface area contributed by atoms with Crippen molar-refractivity contribution in [2.75, 3.05) is 44.5 Å². The summed E-state index contributed by atoms with van der Waals surface area (Å²) in [6.45, 7) is 4.98. The maximum Gasteiger partial charge on any atom is 0.195 e. The first kappa shape index (κ1) is 25.0. The lowest BCUT2D eigenvalue weighted by Gasteiger charge is -2.13. The van der Waals surface area contributed by atoms with Crippen molar-refractivity contribution in [3.63, 3.8) is 0 Å². The van der Waals surface area contributed by atoms with Crippen LogP contribution < -0.4 is 15.4 Å². The zero-order valence-corrected chi connectivity index (χ0v) is 20.3. The molecule has 0 unspecified atom stereocenters. The number of halogens is 1. The lowest BCUT2D eigenvalue weighted by atomic mass is 10.3. The Morgan fingerprint density at radius 3 is 2.93 bits per heavy atom. The summed E-state index contributed by atoms with van der Waals surface area (Å²) in [5, 5.41) is 8.63. The quantitative estimate of drug-likeness (QED) is 0.134. The van der Waals surface area contributed by atoms with Gasteiger partial charge in [0.1, 0.15) is 10.1 Å². The molecule has 1 heterocycles. The van der Waals surface area contributed by atoms with E-state index in [1.807, 2.05) is 35.8 Å². The molecular formula is C19H29IN4O2S2. The number of aliphatic imine (C=N–C) groups is 1. The van der Waals surface area contributed by atoms with Crippen molar-refractivity contribution >= 4 is 58.7 Å². The summed E-state index contributed by atoms with van der Waals surface area (Å²) in [6.07, 6.45) is 3.72. The maximum absolute atomic E-state index is 5.75. The average molecular weight is 537 g/mol. The second-order valence-corrected chi connectivity index (χ2v) is 7.84. The lowest BCUT2D eigenvalue weighted by Crippen LogP contribution is -2.30. The van der Waals surface area contributed by atoms with Crippen molar-refractivity contribution < 1.29 is 9.47 Å². The molecule has 0 aliphatic rings. The fourth-order valence-corrected chi connectivity index (χ4v) is 3.83. The van der Waals surface area contributed by atoms with Gasteiger partial charge in [-0.05, 0) is 25.5 Å². The summed E-state index contributed by atoms with van der Waals surface area (Å²) in [6, 6.07) is 7.92. The molecule has 0 saturated carbocycles. The number of methoxy groups -OCH3 is 1. The Morgan fingerprint density at radius 1 is 1.29 bits per heavy atom. The highest BCUT2D eigenvalue weighted by Crippen LogP contribution is 2.20. The van der Waals surface area contributed by atoms with Crippen molar-refractivity contribution in [1.82, 2.24) is 10.3 Å². The Bertz CT molecular complexity index is 672. The average Bonchev–Trinajstić information content (AvgIpc) is 3.19. The predicted molar refractivity (Wildman–Crippen MR) is 131 cm³/mol. The molecule has 2 aromatic rings. The molecule has 0 saturated heterocycles. The number of aromatic nitrogens is 1. The minimum absolute atomic E-state index is 0. The molecule has 1 aromatic heterocycles. The van der Waals surface area contributed by atoms with Crippen LogP contribution in [0.15, 0.2) is 45.2 Å². The molecule has 0 fully saturated rings. The van der Waals surface area contributed by atoms with Crippen molar-refractivity contribution in [1.29, 1.82) is 0 Å². The predicted octanol–water partition coefficient (Wildman–Crippen LogP) is 4.74. The second-order valence-electron chi connectivity index (χ2n) is 5.61. The summed E-state index contributed by atoms with van der Waals surface area (Å²) >= 11 is 3.46. The summed E-state index contributed by atoms with van der Waals surface area (Å²) in [7, 11) is 1.70. The van der Waals surface area contributed by atoms with Crippen molar-refractivity contribution in [3.8, 4) is 5.75 Å². The van der Waals surface area contributed by atoms with Gasteiger partial charge in [-0.15, -0.1) is 35.3 Å². The third-order valence-corrected chi connectivity index (χ3v) is 5.46. The highest BCUT2D eigenvalue weighted by molar-refractivity contribution is 14.0. The third kappa shape index (κ3) is 10.5. The van der Waals surface area contributed by atoms with Crippen LogP contribution in [0.1, 0.15) is 19.8 Å². The number of anilines is 1. The first-order valence-electron chi connectivity index (χ1n) is 9.11. The Morgan fingerprint density at radius 2 is 2.18 bits per heavy atom. The third-order valence-electron chi connectivity index (χ3n) is 3.41. The first-order chi connectivity index (χ1) is 13.3. The number of rotatable bonds is 12. The molecule has 2 N–H and O–H groups in total. The van der Waals surface area contributed by atoms with Crippen LogP contribution in [0.3, 0.4) is 0 Å². The molecule has 0 bridgehead atoms. The van der Waals surface area contributed by atoms with Crippen LogP contribution in [0.5, 0.6) is 5.75 Å². The fraction of sp³-hybridized carbons (Fsp3) is 0.474. The smallest absolute Gasteiger partial charge is 0.195 e. The number of ether oxygens (including phenoxy) is 2. The molecule has 28 heavy (non-hydrogen) atoms. The van der Waals surface area contributed by atoms with Crippen LogP contribution in [0, 0.1) is 0 Å². The zero-order chi connectivity index (χ0) is 19.2. The van der Waals surface area contributed by atoms with Crippen LogP contribution >= 0.6 is 47.1 Å². The molecule has 9 heteroatoms. The van der Waals surface area contributed by atoms with Gasteiger partial charge >= 0.3 is 0 Å². The van der Waals surface area contributed by atoms with E-state index in [1.54, 1.807) is 30.2 Å². The van der Waals surface area contributed by atoms with Gasteiger partial charge in [0, 0.05) is 62.3 Å². The lowest BCUT2D eigenvalue weighted by molar-refractivity contribution is 0.172. The van der Waals surface area contributed by atoms with Gasteiger partial charge in [-0.3, -0.25) is 4.99 Å². The van der Waals surface area contributed by atoms with E-state index in [0.29, 0.717) is 13.2 Å². The van der Waals surface area contributed by atoms with E-state index >= 15 is 0 Å². The van der Waals surface area contributed by atoms with Gasteiger partial charge in [-0.1, -0.05) is 17.8 Å². The molecule has 0 aliphatic heterocycles. The molecular weight excluding hydrogens is 507 g/mol. The Hall–Kier alpha value is -1.04. The number of thioether (sulfide) groups is 1. The van der Waals surface area contributed by atoms with Gasteiger partial charge < -0.3 is 20.1 Å². The number of hydrogen-bond acceptors (Lipinski definition) is 6. The normalized spacial score (nSPS) is 11.0. The highest BCUT2D eigenvalue weighted by Gasteiger charge is 2.02. The van der Waals surface area contributed by atoms with E-state index in [2.05, 4.69) is 27.5 Å². The number of thiazole rings is 1. The van der Waals surface area contributed by atoms with Gasteiger partial charge in [-0.25, -0.2) is 4.98 Å². The van der Waals surface area contributed by atoms with Gasteiger partial charge in [0.15, 0.2) is 5.96 Å². The van der Waals surface area contributed by atoms with Crippen molar-refractivity contribution in [2.45, 2.75) is 24.1 Å². The molecule has 2 rings (SSSR count). The number of benzene rings is 1. The van der Waals surface area contributed by atoms with E-state index in [-0.39, 0.29) is 24.0 Å². The van der Waals surface area contributed by atoms with Crippen LogP contribution in [-0.2, 0) is 4.74 Å². The number of nitrogens with zero attached hydrogens (tertiary/aromatic N) is 2. The zero-order valence-electron chi connectivity index (χ0n) is 16.3. The van der Waals surface area contributed by atoms with E-state index in [4.69, 9.17) is 9.47 Å². The monoisotopic (exact) mass is 536 g/mol. The molecule has 1 aromatic carbocycles. The van der Waals surface area contributed by atoms with Crippen LogP contribution in [0.4, 0.5) is 5.69 Å². The largest absolute Gasteiger partial charge is 0.493 e. The fourth-order valence-electron chi connectivity index (χ4n) is 2.20. The molecule has 0 radical (unpaired) electrons. The van der Waals surface area contributed by atoms with Gasteiger partial charge in [0.25, 0.3) is 0 Å². The molecule has 6 nitrogen and oxygen atoms in total. The summed E-state index contributed by atoms with van der Waals surface area (Å²) in [5.41, 5.74) is 0.955. The van der Waals surface area contributed by atoms with E-state index in [1.165, 1.54) is 0 Å². The number of guanidine groups is 1. The standard InChI is InChI=1S/C19H28N4O2S2.HI/c1-3-20-18(21-9-5-13-26-19-22-10-14-27-19)23-16-7-4-8-17(15-16)25-12-6-11-24-2;/h4,7-8,10,14-15H,3,5-6,9,11-13H2,1-2H3,(H2,20,21,23);1H. The summed E-state index contributed by atoms with van der Waals surface area (Å²) in [4.78, 5) is 8.93. The van der Waals surface area contributed by atoms with E-state index in [9.17, 15) is 0 Å². The van der Waals surface area contributed by atoms with Crippen molar-refractivity contribution in [3.05, 3.63) is 35.8 Å². The second kappa shape index (κ2) is 15.8. The van der Waals surface area contributed by atoms with Gasteiger partial charge in [-0.2, -0.15) is 0 Å². The topological polar surface area (TPSA) is 67.8 Å². The molecule has 0 spiro atoms. The Balaban J connectivity index is 0.00000392. The molecule has 0 aliphatic carbocycles. The highest BCUT2D eigenvalue weighted by atomic mass is 127. The minimum Gasteiger partial charge on any atom is -0.493 e. The molecule has 0 amide bonds. The number of hydrogen-bond donors (Lipinski definition) is 2. The Labute approximate surface area is 192 Å². The number of nitrogens with one attached hydrogen (secondary N) is 2. The van der Waals surface area contributed by atoms with E-state index in [0.717, 1.165) is 53.4 Å².